The van der Waals surface area contributed by atoms with Crippen LogP contribution in [0.15, 0.2) is 41.4 Å². The number of aryl methyl sites for hydroxylation is 2. The SMILES string of the molecule is CCC(=O)Nc1cc(NC(=O)CSc2nc3cc4c(cc3cc2CC)OCO4)ccc1C. The molecule has 2 amide bonds. The van der Waals surface area contributed by atoms with E-state index in [9.17, 15) is 9.59 Å². The van der Waals surface area contributed by atoms with Crippen molar-refractivity contribution in [3.63, 3.8) is 0 Å². The molecule has 0 saturated carbocycles. The molecule has 2 N–H and O–H groups in total. The van der Waals surface area contributed by atoms with Gasteiger partial charge in [-0.05, 0) is 48.7 Å². The van der Waals surface area contributed by atoms with Crippen molar-refractivity contribution < 1.29 is 19.1 Å². The van der Waals surface area contributed by atoms with Gasteiger partial charge in [0.2, 0.25) is 18.6 Å². The van der Waals surface area contributed by atoms with Crippen LogP contribution in [0, 0.1) is 6.92 Å². The van der Waals surface area contributed by atoms with E-state index in [1.54, 1.807) is 13.0 Å². The van der Waals surface area contributed by atoms with Gasteiger partial charge in [-0.3, -0.25) is 9.59 Å². The summed E-state index contributed by atoms with van der Waals surface area (Å²) in [5, 5.41) is 7.58. The van der Waals surface area contributed by atoms with Crippen LogP contribution in [0.3, 0.4) is 0 Å². The van der Waals surface area contributed by atoms with E-state index in [1.165, 1.54) is 11.8 Å². The van der Waals surface area contributed by atoms with E-state index in [0.717, 1.165) is 39.2 Å². The number of rotatable bonds is 7. The fraction of sp³-hybridized carbons (Fsp3) is 0.292. The van der Waals surface area contributed by atoms with Gasteiger partial charge in [0, 0.05) is 29.2 Å². The van der Waals surface area contributed by atoms with Crippen molar-refractivity contribution in [3.05, 3.63) is 47.5 Å². The van der Waals surface area contributed by atoms with E-state index in [-0.39, 0.29) is 24.4 Å². The van der Waals surface area contributed by atoms with E-state index in [2.05, 4.69) is 23.6 Å². The van der Waals surface area contributed by atoms with E-state index < -0.39 is 0 Å². The van der Waals surface area contributed by atoms with Gasteiger partial charge in [0.25, 0.3) is 0 Å². The average Bonchev–Trinajstić information content (AvgIpc) is 3.24. The largest absolute Gasteiger partial charge is 0.454 e. The van der Waals surface area contributed by atoms with Crippen LogP contribution in [0.4, 0.5) is 11.4 Å². The van der Waals surface area contributed by atoms with Crippen molar-refractivity contribution in [1.29, 1.82) is 0 Å². The molecule has 1 aliphatic heterocycles. The Bertz CT molecular complexity index is 1200. The maximum absolute atomic E-state index is 12.6. The number of hydrogen-bond donors (Lipinski definition) is 2. The number of nitrogens with one attached hydrogen (secondary N) is 2. The van der Waals surface area contributed by atoms with Crippen molar-refractivity contribution in [2.75, 3.05) is 23.2 Å². The Hall–Kier alpha value is -3.26. The standard InChI is InChI=1S/C24H25N3O4S/c1-4-15-8-16-9-20-21(31-13-30-20)11-19(16)27-24(15)32-12-23(29)25-17-7-6-14(3)18(10-17)26-22(28)5-2/h6-11H,4-5,12-13H2,1-3H3,(H,25,29)(H,26,28). The molecule has 8 heteroatoms. The van der Waals surface area contributed by atoms with E-state index >= 15 is 0 Å². The second kappa shape index (κ2) is 9.48. The van der Waals surface area contributed by atoms with Crippen LogP contribution >= 0.6 is 11.8 Å². The molecule has 166 valence electrons. The molecule has 2 aromatic carbocycles. The Labute approximate surface area is 190 Å². The summed E-state index contributed by atoms with van der Waals surface area (Å²) in [5.41, 5.74) is 4.17. The van der Waals surface area contributed by atoms with Gasteiger partial charge in [-0.25, -0.2) is 4.98 Å². The van der Waals surface area contributed by atoms with Crippen LogP contribution in [-0.4, -0.2) is 29.3 Å². The van der Waals surface area contributed by atoms with Gasteiger partial charge in [-0.2, -0.15) is 0 Å². The highest BCUT2D eigenvalue weighted by molar-refractivity contribution is 8.00. The molecule has 0 atom stereocenters. The first-order valence-electron chi connectivity index (χ1n) is 10.5. The van der Waals surface area contributed by atoms with Crippen LogP contribution in [0.1, 0.15) is 31.4 Å². The van der Waals surface area contributed by atoms with E-state index in [1.807, 2.05) is 31.2 Å². The molecule has 2 heterocycles. The Morgan fingerprint density at radius 1 is 1.03 bits per heavy atom. The molecule has 4 rings (SSSR count). The quantitative estimate of drug-likeness (QED) is 0.496. The monoisotopic (exact) mass is 451 g/mol. The number of thioether (sulfide) groups is 1. The van der Waals surface area contributed by atoms with Crippen LogP contribution in [-0.2, 0) is 16.0 Å². The Kier molecular flexibility index (Phi) is 6.50. The van der Waals surface area contributed by atoms with Crippen LogP contribution < -0.4 is 20.1 Å². The molecule has 3 aromatic rings. The maximum Gasteiger partial charge on any atom is 0.234 e. The number of ether oxygens (including phenoxy) is 2. The number of aromatic nitrogens is 1. The number of carbonyl (C=O) groups is 2. The lowest BCUT2D eigenvalue weighted by atomic mass is 10.1. The smallest absolute Gasteiger partial charge is 0.234 e. The molecule has 32 heavy (non-hydrogen) atoms. The lowest BCUT2D eigenvalue weighted by Crippen LogP contribution is -2.15. The van der Waals surface area contributed by atoms with Gasteiger partial charge in [-0.1, -0.05) is 31.7 Å². The predicted octanol–water partition coefficient (Wildman–Crippen LogP) is 4.91. The first kappa shape index (κ1) is 22.0. The molecule has 1 aliphatic rings. The summed E-state index contributed by atoms with van der Waals surface area (Å²) in [7, 11) is 0. The average molecular weight is 452 g/mol. The van der Waals surface area contributed by atoms with Gasteiger partial charge in [0.1, 0.15) is 5.03 Å². The lowest BCUT2D eigenvalue weighted by Gasteiger charge is -2.12. The molecule has 7 nitrogen and oxygen atoms in total. The van der Waals surface area contributed by atoms with E-state index in [4.69, 9.17) is 14.5 Å². The Morgan fingerprint density at radius 2 is 1.81 bits per heavy atom. The van der Waals surface area contributed by atoms with Crippen LogP contribution in [0.2, 0.25) is 0 Å². The zero-order valence-electron chi connectivity index (χ0n) is 18.3. The lowest BCUT2D eigenvalue weighted by molar-refractivity contribution is -0.116. The highest BCUT2D eigenvalue weighted by Gasteiger charge is 2.17. The number of amides is 2. The van der Waals surface area contributed by atoms with Gasteiger partial charge in [-0.15, -0.1) is 0 Å². The second-order valence-electron chi connectivity index (χ2n) is 7.47. The minimum atomic E-state index is -0.138. The summed E-state index contributed by atoms with van der Waals surface area (Å²) in [4.78, 5) is 29.1. The van der Waals surface area contributed by atoms with Crippen molar-refractivity contribution in [3.8, 4) is 11.5 Å². The van der Waals surface area contributed by atoms with E-state index in [0.29, 0.717) is 23.5 Å². The second-order valence-corrected chi connectivity index (χ2v) is 8.44. The molecule has 0 saturated heterocycles. The number of nitrogens with zero attached hydrogens (tertiary/aromatic N) is 1. The molecule has 0 unspecified atom stereocenters. The summed E-state index contributed by atoms with van der Waals surface area (Å²) < 4.78 is 10.9. The summed E-state index contributed by atoms with van der Waals surface area (Å²) in [6, 6.07) is 11.4. The fourth-order valence-corrected chi connectivity index (χ4v) is 4.26. The molecule has 0 aliphatic carbocycles. The molecule has 1 aromatic heterocycles. The first-order chi connectivity index (χ1) is 15.5. The number of hydrogen-bond acceptors (Lipinski definition) is 6. The molecular weight excluding hydrogens is 426 g/mol. The van der Waals surface area contributed by atoms with Crippen molar-refractivity contribution in [2.45, 2.75) is 38.6 Å². The minimum absolute atomic E-state index is 0.0655. The van der Waals surface area contributed by atoms with Gasteiger partial charge in [0.15, 0.2) is 11.5 Å². The third-order valence-electron chi connectivity index (χ3n) is 5.19. The number of carbonyl (C=O) groups excluding carboxylic acids is 2. The summed E-state index contributed by atoms with van der Waals surface area (Å²) >= 11 is 1.40. The minimum Gasteiger partial charge on any atom is -0.454 e. The zero-order chi connectivity index (χ0) is 22.7. The van der Waals surface area contributed by atoms with Gasteiger partial charge in [0.05, 0.1) is 11.3 Å². The normalized spacial score (nSPS) is 12.1. The van der Waals surface area contributed by atoms with Crippen LogP contribution in [0.25, 0.3) is 10.9 Å². The Balaban J connectivity index is 1.46. The van der Waals surface area contributed by atoms with Crippen molar-refractivity contribution in [2.24, 2.45) is 0 Å². The summed E-state index contributed by atoms with van der Waals surface area (Å²) in [5.74, 6) is 1.44. The number of benzene rings is 2. The number of anilines is 2. The van der Waals surface area contributed by atoms with Crippen LogP contribution in [0.5, 0.6) is 11.5 Å². The molecule has 0 fully saturated rings. The first-order valence-corrected chi connectivity index (χ1v) is 11.5. The molecule has 0 radical (unpaired) electrons. The molecular formula is C24H25N3O4S. The maximum atomic E-state index is 12.6. The molecule has 0 spiro atoms. The van der Waals surface area contributed by atoms with Crippen molar-refractivity contribution >= 4 is 45.9 Å². The van der Waals surface area contributed by atoms with Crippen molar-refractivity contribution in [1.82, 2.24) is 4.98 Å². The number of pyridine rings is 1. The third kappa shape index (κ3) is 4.80. The zero-order valence-corrected chi connectivity index (χ0v) is 19.1. The summed E-state index contributed by atoms with van der Waals surface area (Å²) in [6.07, 6.45) is 1.20. The summed E-state index contributed by atoms with van der Waals surface area (Å²) in [6.45, 7) is 6.00. The number of fused-ring (bicyclic) bond motifs is 2. The third-order valence-corrected chi connectivity index (χ3v) is 6.22. The highest BCUT2D eigenvalue weighted by atomic mass is 32.2. The highest BCUT2D eigenvalue weighted by Crippen LogP contribution is 2.37. The van der Waals surface area contributed by atoms with Gasteiger partial charge < -0.3 is 20.1 Å². The molecule has 0 bridgehead atoms. The Morgan fingerprint density at radius 3 is 2.56 bits per heavy atom. The predicted molar refractivity (Wildman–Crippen MR) is 127 cm³/mol. The fourth-order valence-electron chi connectivity index (χ4n) is 3.37. The topological polar surface area (TPSA) is 89.6 Å². The van der Waals surface area contributed by atoms with Gasteiger partial charge >= 0.3 is 0 Å².